The molecule has 0 bridgehead atoms. The summed E-state index contributed by atoms with van der Waals surface area (Å²) in [6.45, 7) is 6.03. The van der Waals surface area contributed by atoms with Crippen molar-refractivity contribution in [1.82, 2.24) is 4.90 Å². The van der Waals surface area contributed by atoms with Gasteiger partial charge in [0.05, 0.1) is 4.75 Å². The third-order valence-electron chi connectivity index (χ3n) is 2.05. The van der Waals surface area contributed by atoms with E-state index in [2.05, 4.69) is 15.0 Å². The maximum absolute atomic E-state index is 11.1. The second-order valence-electron chi connectivity index (χ2n) is 3.94. The first-order valence-electron chi connectivity index (χ1n) is 4.54. The van der Waals surface area contributed by atoms with Gasteiger partial charge >= 0.3 is 6.09 Å². The molecule has 0 saturated carbocycles. The third-order valence-corrected chi connectivity index (χ3v) is 3.20. The number of hydrogen-bond donors (Lipinski definition) is 0. The number of thioether (sulfide) groups is 1. The van der Waals surface area contributed by atoms with Crippen molar-refractivity contribution in [3.8, 4) is 0 Å². The van der Waals surface area contributed by atoms with Gasteiger partial charge in [0.25, 0.3) is 0 Å². The van der Waals surface area contributed by atoms with Gasteiger partial charge in [0.15, 0.2) is 0 Å². The summed E-state index contributed by atoms with van der Waals surface area (Å²) in [5.74, 6) is 0. The van der Waals surface area contributed by atoms with Crippen molar-refractivity contribution in [2.75, 3.05) is 14.1 Å². The quantitative estimate of drug-likeness (QED) is 0.510. The van der Waals surface area contributed by atoms with Gasteiger partial charge in [-0.2, -0.15) is 0 Å². The highest BCUT2D eigenvalue weighted by atomic mass is 32.2. The van der Waals surface area contributed by atoms with E-state index in [1.807, 2.05) is 20.8 Å². The summed E-state index contributed by atoms with van der Waals surface area (Å²) >= 11 is 1.48. The molecule has 84 valence electrons. The Kier molecular flexibility index (Phi) is 3.38. The molecule has 1 aliphatic rings. The Morgan fingerprint density at radius 1 is 1.53 bits per heavy atom. The number of aliphatic imine (C=N–C) groups is 1. The average Bonchev–Trinajstić information content (AvgIpc) is 2.36. The van der Waals surface area contributed by atoms with Crippen LogP contribution in [0.3, 0.4) is 0 Å². The van der Waals surface area contributed by atoms with Gasteiger partial charge in [0.2, 0.25) is 5.17 Å². The molecule has 5 nitrogen and oxygen atoms in total. The zero-order valence-corrected chi connectivity index (χ0v) is 10.4. The predicted octanol–water partition coefficient (Wildman–Crippen LogP) is 1.94. The Bertz CT molecular complexity index is 334. The first-order chi connectivity index (χ1) is 6.83. The number of amides is 1. The topological polar surface area (TPSA) is 54.3 Å². The summed E-state index contributed by atoms with van der Waals surface area (Å²) in [7, 11) is 3.20. The average molecular weight is 229 g/mol. The van der Waals surface area contributed by atoms with Crippen LogP contribution < -0.4 is 0 Å². The lowest BCUT2D eigenvalue weighted by molar-refractivity contribution is 0.122. The van der Waals surface area contributed by atoms with E-state index in [1.54, 1.807) is 14.1 Å². The maximum Gasteiger partial charge on any atom is 0.435 e. The number of carbonyl (C=O) groups is 1. The molecule has 0 aromatic carbocycles. The van der Waals surface area contributed by atoms with Crippen LogP contribution in [-0.4, -0.2) is 40.7 Å². The van der Waals surface area contributed by atoms with Crippen LogP contribution in [0.4, 0.5) is 4.79 Å². The van der Waals surface area contributed by atoms with E-state index in [4.69, 9.17) is 0 Å². The van der Waals surface area contributed by atoms with E-state index in [1.165, 1.54) is 16.7 Å². The van der Waals surface area contributed by atoms with Crippen molar-refractivity contribution in [3.63, 3.8) is 0 Å². The van der Waals surface area contributed by atoms with Crippen molar-refractivity contribution in [1.29, 1.82) is 0 Å². The lowest BCUT2D eigenvalue weighted by Gasteiger charge is -2.14. The van der Waals surface area contributed by atoms with Gasteiger partial charge < -0.3 is 4.90 Å². The molecule has 0 radical (unpaired) electrons. The molecule has 0 N–H and O–H groups in total. The SMILES string of the molecule is CC1=NC(=NOC(=O)N(C)C)SC1(C)C. The minimum Gasteiger partial charge on any atom is -0.312 e. The standard InChI is InChI=1S/C9H15N3O2S/c1-6-9(2,3)15-7(10-6)11-14-8(13)12(4)5/h1-5H3. The molecule has 1 heterocycles. The summed E-state index contributed by atoms with van der Waals surface area (Å²) in [4.78, 5) is 21.3. The maximum atomic E-state index is 11.1. The second kappa shape index (κ2) is 4.22. The molecule has 1 amide bonds. The molecule has 0 aromatic heterocycles. The molecule has 15 heavy (non-hydrogen) atoms. The van der Waals surface area contributed by atoms with Crippen molar-refractivity contribution in [2.24, 2.45) is 10.1 Å². The van der Waals surface area contributed by atoms with Crippen LogP contribution in [0, 0.1) is 0 Å². The van der Waals surface area contributed by atoms with Crippen LogP contribution in [0.15, 0.2) is 10.1 Å². The molecule has 0 spiro atoms. The van der Waals surface area contributed by atoms with Gasteiger partial charge in [-0.15, -0.1) is 0 Å². The minimum absolute atomic E-state index is 0.0661. The third kappa shape index (κ3) is 2.95. The molecular formula is C9H15N3O2S. The number of carbonyl (C=O) groups excluding carboxylic acids is 1. The lowest BCUT2D eigenvalue weighted by Crippen LogP contribution is -2.21. The molecule has 1 rings (SSSR count). The number of rotatable bonds is 1. The smallest absolute Gasteiger partial charge is 0.312 e. The van der Waals surface area contributed by atoms with Crippen molar-refractivity contribution >= 4 is 28.7 Å². The minimum atomic E-state index is -0.499. The van der Waals surface area contributed by atoms with Crippen LogP contribution in [0.1, 0.15) is 20.8 Å². The molecule has 0 aliphatic carbocycles. The van der Waals surface area contributed by atoms with E-state index in [9.17, 15) is 4.79 Å². The zero-order valence-electron chi connectivity index (χ0n) is 9.57. The number of oxime groups is 1. The fourth-order valence-electron chi connectivity index (χ4n) is 0.802. The van der Waals surface area contributed by atoms with Crippen molar-refractivity contribution < 1.29 is 9.63 Å². The Morgan fingerprint density at radius 2 is 2.13 bits per heavy atom. The van der Waals surface area contributed by atoms with Crippen LogP contribution >= 0.6 is 11.8 Å². The van der Waals surface area contributed by atoms with E-state index in [0.717, 1.165) is 5.71 Å². The van der Waals surface area contributed by atoms with Gasteiger partial charge in [-0.3, -0.25) is 4.84 Å². The number of nitrogens with zero attached hydrogens (tertiary/aromatic N) is 3. The van der Waals surface area contributed by atoms with Gasteiger partial charge in [-0.25, -0.2) is 9.79 Å². The van der Waals surface area contributed by atoms with Gasteiger partial charge in [-0.1, -0.05) is 11.8 Å². The summed E-state index contributed by atoms with van der Waals surface area (Å²) in [5, 5.41) is 4.18. The van der Waals surface area contributed by atoms with Crippen LogP contribution in [0.25, 0.3) is 0 Å². The van der Waals surface area contributed by atoms with E-state index < -0.39 is 6.09 Å². The van der Waals surface area contributed by atoms with Crippen LogP contribution in [-0.2, 0) is 4.84 Å². The number of hydrogen-bond acceptors (Lipinski definition) is 4. The normalized spacial score (nSPS) is 21.4. The Balaban J connectivity index is 2.62. The highest BCUT2D eigenvalue weighted by Gasteiger charge is 2.31. The first kappa shape index (κ1) is 12.0. The Morgan fingerprint density at radius 3 is 2.53 bits per heavy atom. The Labute approximate surface area is 93.6 Å². The van der Waals surface area contributed by atoms with E-state index in [-0.39, 0.29) is 4.75 Å². The molecule has 0 aromatic rings. The van der Waals surface area contributed by atoms with E-state index >= 15 is 0 Å². The largest absolute Gasteiger partial charge is 0.435 e. The molecule has 0 saturated heterocycles. The van der Waals surface area contributed by atoms with E-state index in [0.29, 0.717) is 5.17 Å². The lowest BCUT2D eigenvalue weighted by atomic mass is 10.1. The molecule has 0 atom stereocenters. The fourth-order valence-corrected chi connectivity index (χ4v) is 1.71. The Hall–Kier alpha value is -1.04. The summed E-state index contributed by atoms with van der Waals surface area (Å²) < 4.78 is -0.0661. The number of amidine groups is 1. The summed E-state index contributed by atoms with van der Waals surface area (Å²) in [5.41, 5.74) is 0.979. The van der Waals surface area contributed by atoms with Gasteiger partial charge in [0, 0.05) is 19.8 Å². The second-order valence-corrected chi connectivity index (χ2v) is 5.52. The molecule has 1 aliphatic heterocycles. The molecule has 0 fully saturated rings. The van der Waals surface area contributed by atoms with Gasteiger partial charge in [0.1, 0.15) is 0 Å². The fraction of sp³-hybridized carbons (Fsp3) is 0.667. The zero-order chi connectivity index (χ0) is 11.6. The molecular weight excluding hydrogens is 214 g/mol. The van der Waals surface area contributed by atoms with Gasteiger partial charge in [-0.05, 0) is 25.9 Å². The molecule has 6 heteroatoms. The highest BCUT2D eigenvalue weighted by molar-refractivity contribution is 8.16. The van der Waals surface area contributed by atoms with Crippen LogP contribution in [0.2, 0.25) is 0 Å². The highest BCUT2D eigenvalue weighted by Crippen LogP contribution is 2.33. The van der Waals surface area contributed by atoms with Crippen molar-refractivity contribution in [3.05, 3.63) is 0 Å². The predicted molar refractivity (Wildman–Crippen MR) is 62.4 cm³/mol. The monoisotopic (exact) mass is 229 g/mol. The molecule has 0 unspecified atom stereocenters. The summed E-state index contributed by atoms with van der Waals surface area (Å²) in [6.07, 6.45) is -0.499. The van der Waals surface area contributed by atoms with Crippen LogP contribution in [0.5, 0.6) is 0 Å². The summed E-state index contributed by atoms with van der Waals surface area (Å²) in [6, 6.07) is 0. The van der Waals surface area contributed by atoms with Crippen molar-refractivity contribution in [2.45, 2.75) is 25.5 Å². The first-order valence-corrected chi connectivity index (χ1v) is 5.35.